The number of nitrogens with zero attached hydrogens (tertiary/aromatic N) is 3. The van der Waals surface area contributed by atoms with Crippen molar-refractivity contribution < 1.29 is 9.90 Å². The molecule has 0 saturated carbocycles. The van der Waals surface area contributed by atoms with Crippen molar-refractivity contribution in [2.75, 3.05) is 30.4 Å². The van der Waals surface area contributed by atoms with Gasteiger partial charge in [0.25, 0.3) is 0 Å². The number of hydrogen-bond donors (Lipinski definition) is 2. The van der Waals surface area contributed by atoms with E-state index in [9.17, 15) is 4.79 Å². The maximum atomic E-state index is 12.2. The molecule has 24 heavy (non-hydrogen) atoms. The molecule has 6 nitrogen and oxygen atoms in total. The first kappa shape index (κ1) is 18.0. The number of aryl methyl sites for hydroxylation is 2. The van der Waals surface area contributed by atoms with Crippen LogP contribution in [0.15, 0.2) is 24.3 Å². The number of hydrogen-bond acceptors (Lipinski definition) is 4. The molecule has 0 aliphatic heterocycles. The number of carbonyl (C=O) groups excluding carboxylic acids is 1. The van der Waals surface area contributed by atoms with Crippen molar-refractivity contribution in [2.45, 2.75) is 26.7 Å². The number of amides is 1. The van der Waals surface area contributed by atoms with Gasteiger partial charge in [-0.25, -0.2) is 0 Å². The molecule has 1 aromatic carbocycles. The molecule has 6 heteroatoms. The molecule has 0 aliphatic carbocycles. The highest BCUT2D eigenvalue weighted by Crippen LogP contribution is 2.18. The van der Waals surface area contributed by atoms with Gasteiger partial charge in [0.2, 0.25) is 5.91 Å². The number of carbonyl (C=O) groups is 1. The van der Waals surface area contributed by atoms with Crippen molar-refractivity contribution in [3.05, 3.63) is 41.2 Å². The summed E-state index contributed by atoms with van der Waals surface area (Å²) in [5.74, 6) is -0.00545. The maximum absolute atomic E-state index is 12.2. The standard InChI is InChI=1S/C18H26N4O2/c1-13-17(14(2)22(4)20-13)9-10-18(24)19-15-5-7-16(8-6-15)21(3)11-12-23/h5-8,23H,9-12H2,1-4H3,(H,19,24). The summed E-state index contributed by atoms with van der Waals surface area (Å²) in [5.41, 5.74) is 5.02. The van der Waals surface area contributed by atoms with Crippen LogP contribution >= 0.6 is 0 Å². The first-order valence-corrected chi connectivity index (χ1v) is 8.13. The van der Waals surface area contributed by atoms with Gasteiger partial charge in [0.15, 0.2) is 0 Å². The van der Waals surface area contributed by atoms with Crippen LogP contribution in [0.4, 0.5) is 11.4 Å². The number of aliphatic hydroxyl groups is 1. The van der Waals surface area contributed by atoms with E-state index >= 15 is 0 Å². The largest absolute Gasteiger partial charge is 0.395 e. The summed E-state index contributed by atoms with van der Waals surface area (Å²) in [6.45, 7) is 4.69. The summed E-state index contributed by atoms with van der Waals surface area (Å²) >= 11 is 0. The molecule has 0 radical (unpaired) electrons. The smallest absolute Gasteiger partial charge is 0.224 e. The maximum Gasteiger partial charge on any atom is 0.224 e. The number of aliphatic hydroxyl groups excluding tert-OH is 1. The van der Waals surface area contributed by atoms with Crippen LogP contribution in [0.5, 0.6) is 0 Å². The lowest BCUT2D eigenvalue weighted by Crippen LogP contribution is -2.21. The minimum Gasteiger partial charge on any atom is -0.395 e. The minimum absolute atomic E-state index is 0.00545. The number of rotatable bonds is 7. The van der Waals surface area contributed by atoms with Crippen molar-refractivity contribution in [2.24, 2.45) is 7.05 Å². The molecule has 1 heterocycles. The van der Waals surface area contributed by atoms with Crippen molar-refractivity contribution in [1.29, 1.82) is 0 Å². The summed E-state index contributed by atoms with van der Waals surface area (Å²) < 4.78 is 1.85. The normalized spacial score (nSPS) is 10.7. The Morgan fingerprint density at radius 2 is 1.96 bits per heavy atom. The van der Waals surface area contributed by atoms with Crippen molar-refractivity contribution in [3.63, 3.8) is 0 Å². The SMILES string of the molecule is Cc1nn(C)c(C)c1CCC(=O)Nc1ccc(N(C)CCO)cc1. The third-order valence-electron chi connectivity index (χ3n) is 4.29. The number of likely N-dealkylation sites (N-methyl/N-ethyl adjacent to an activating group) is 1. The minimum atomic E-state index is -0.00545. The van der Waals surface area contributed by atoms with Crippen LogP contribution in [0.1, 0.15) is 23.4 Å². The van der Waals surface area contributed by atoms with Gasteiger partial charge < -0.3 is 15.3 Å². The fraction of sp³-hybridized carbons (Fsp3) is 0.444. The molecule has 0 aliphatic rings. The van der Waals surface area contributed by atoms with Crippen molar-refractivity contribution >= 4 is 17.3 Å². The summed E-state index contributed by atoms with van der Waals surface area (Å²) in [7, 11) is 3.84. The Kier molecular flexibility index (Phi) is 5.98. The lowest BCUT2D eigenvalue weighted by Gasteiger charge is -2.18. The molecule has 0 unspecified atom stereocenters. The number of anilines is 2. The Bertz CT molecular complexity index is 692. The first-order valence-electron chi connectivity index (χ1n) is 8.13. The molecule has 0 saturated heterocycles. The van der Waals surface area contributed by atoms with Crippen LogP contribution in [0, 0.1) is 13.8 Å². The predicted octanol–water partition coefficient (Wildman–Crippen LogP) is 2.04. The average Bonchev–Trinajstić information content (AvgIpc) is 2.79. The molecule has 0 atom stereocenters. The highest BCUT2D eigenvalue weighted by molar-refractivity contribution is 5.91. The van der Waals surface area contributed by atoms with Crippen LogP contribution in [-0.4, -0.2) is 41.0 Å². The van der Waals surface area contributed by atoms with Crippen molar-refractivity contribution in [3.8, 4) is 0 Å². The van der Waals surface area contributed by atoms with Gasteiger partial charge in [-0.15, -0.1) is 0 Å². The van der Waals surface area contributed by atoms with E-state index in [0.717, 1.165) is 28.3 Å². The highest BCUT2D eigenvalue weighted by atomic mass is 16.3. The van der Waals surface area contributed by atoms with Gasteiger partial charge in [-0.05, 0) is 50.1 Å². The Morgan fingerprint density at radius 1 is 1.29 bits per heavy atom. The average molecular weight is 330 g/mol. The fourth-order valence-electron chi connectivity index (χ4n) is 2.72. The van der Waals surface area contributed by atoms with E-state index in [1.54, 1.807) is 0 Å². The zero-order valence-electron chi connectivity index (χ0n) is 14.8. The van der Waals surface area contributed by atoms with Gasteiger partial charge in [-0.1, -0.05) is 0 Å². The third-order valence-corrected chi connectivity index (χ3v) is 4.29. The number of nitrogens with one attached hydrogen (secondary N) is 1. The van der Waals surface area contributed by atoms with E-state index in [-0.39, 0.29) is 12.5 Å². The fourth-order valence-corrected chi connectivity index (χ4v) is 2.72. The summed E-state index contributed by atoms with van der Waals surface area (Å²) in [4.78, 5) is 14.1. The predicted molar refractivity (Wildman–Crippen MR) is 96.4 cm³/mol. The van der Waals surface area contributed by atoms with Crippen LogP contribution in [0.2, 0.25) is 0 Å². The highest BCUT2D eigenvalue weighted by Gasteiger charge is 2.11. The van der Waals surface area contributed by atoms with E-state index in [2.05, 4.69) is 10.4 Å². The molecule has 1 aromatic heterocycles. The van der Waals surface area contributed by atoms with E-state index in [4.69, 9.17) is 5.11 Å². The van der Waals surface area contributed by atoms with Crippen LogP contribution in [-0.2, 0) is 18.3 Å². The second-order valence-corrected chi connectivity index (χ2v) is 6.01. The van der Waals surface area contributed by atoms with Crippen molar-refractivity contribution in [1.82, 2.24) is 9.78 Å². The second-order valence-electron chi connectivity index (χ2n) is 6.01. The Morgan fingerprint density at radius 3 is 2.50 bits per heavy atom. The summed E-state index contributed by atoms with van der Waals surface area (Å²) in [5, 5.41) is 16.3. The zero-order valence-corrected chi connectivity index (χ0v) is 14.8. The molecule has 2 rings (SSSR count). The lowest BCUT2D eigenvalue weighted by atomic mass is 10.1. The first-order chi connectivity index (χ1) is 11.4. The second kappa shape index (κ2) is 7.97. The van der Waals surface area contributed by atoms with Gasteiger partial charge in [0.1, 0.15) is 0 Å². The molecular formula is C18H26N4O2. The Balaban J connectivity index is 1.90. The topological polar surface area (TPSA) is 70.4 Å². The molecule has 0 fully saturated rings. The zero-order chi connectivity index (χ0) is 17.7. The van der Waals surface area contributed by atoms with Crippen LogP contribution in [0.3, 0.4) is 0 Å². The summed E-state index contributed by atoms with van der Waals surface area (Å²) in [6.07, 6.45) is 1.12. The van der Waals surface area contributed by atoms with Gasteiger partial charge in [0.05, 0.1) is 12.3 Å². The monoisotopic (exact) mass is 330 g/mol. The number of aromatic nitrogens is 2. The molecule has 130 valence electrons. The van der Waals surface area contributed by atoms with Crippen LogP contribution < -0.4 is 10.2 Å². The van der Waals surface area contributed by atoms with Gasteiger partial charge in [-0.2, -0.15) is 5.10 Å². The molecular weight excluding hydrogens is 304 g/mol. The molecule has 2 N–H and O–H groups in total. The molecule has 1 amide bonds. The third kappa shape index (κ3) is 4.35. The Hall–Kier alpha value is -2.34. The van der Waals surface area contributed by atoms with Gasteiger partial charge >= 0.3 is 0 Å². The number of benzene rings is 1. The molecule has 0 spiro atoms. The molecule has 2 aromatic rings. The van der Waals surface area contributed by atoms with E-state index in [1.165, 1.54) is 0 Å². The lowest BCUT2D eigenvalue weighted by molar-refractivity contribution is -0.116. The van der Waals surface area contributed by atoms with Gasteiger partial charge in [-0.3, -0.25) is 9.48 Å². The van der Waals surface area contributed by atoms with Crippen LogP contribution in [0.25, 0.3) is 0 Å². The quantitative estimate of drug-likeness (QED) is 0.815. The Labute approximate surface area is 143 Å². The van der Waals surface area contributed by atoms with E-state index in [0.29, 0.717) is 19.4 Å². The molecule has 0 bridgehead atoms. The van der Waals surface area contributed by atoms with E-state index < -0.39 is 0 Å². The summed E-state index contributed by atoms with van der Waals surface area (Å²) in [6, 6.07) is 7.62. The van der Waals surface area contributed by atoms with Gasteiger partial charge in [0, 0.05) is 44.1 Å². The van der Waals surface area contributed by atoms with E-state index in [1.807, 2.05) is 61.8 Å².